The van der Waals surface area contributed by atoms with Gasteiger partial charge >= 0.3 is 0 Å². The lowest BCUT2D eigenvalue weighted by Gasteiger charge is -2.33. The van der Waals surface area contributed by atoms with Crippen LogP contribution in [0.5, 0.6) is 0 Å². The zero-order valence-electron chi connectivity index (χ0n) is 17.3. The number of benzene rings is 1. The highest BCUT2D eigenvalue weighted by Crippen LogP contribution is 2.40. The topological polar surface area (TPSA) is 3.24 Å². The summed E-state index contributed by atoms with van der Waals surface area (Å²) in [5, 5.41) is 2.26. The van der Waals surface area contributed by atoms with E-state index in [1.54, 1.807) is 10.5 Å². The number of rotatable bonds is 4. The second kappa shape index (κ2) is 8.84. The van der Waals surface area contributed by atoms with Crippen LogP contribution in [0.4, 0.5) is 0 Å². The van der Waals surface area contributed by atoms with Gasteiger partial charge in [-0.05, 0) is 71.9 Å². The summed E-state index contributed by atoms with van der Waals surface area (Å²) in [4.78, 5) is 3.97. The van der Waals surface area contributed by atoms with Crippen LogP contribution in [-0.4, -0.2) is 18.0 Å². The molecule has 0 atom stereocenters. The summed E-state index contributed by atoms with van der Waals surface area (Å²) in [6.45, 7) is 12.3. The largest absolute Gasteiger partial charge is 0.371 e. The molecule has 148 valence electrons. The molecule has 1 nitrogen and oxygen atoms in total. The smallest absolute Gasteiger partial charge is 0.0366 e. The molecule has 0 radical (unpaired) electrons. The van der Waals surface area contributed by atoms with Gasteiger partial charge in [0.05, 0.1) is 0 Å². The first-order valence-corrected chi connectivity index (χ1v) is 11.4. The molecule has 2 aliphatic rings. The zero-order chi connectivity index (χ0) is 20.2. The van der Waals surface area contributed by atoms with E-state index >= 15 is 0 Å². The summed E-state index contributed by atoms with van der Waals surface area (Å²) in [6, 6.07) is 11.4. The van der Waals surface area contributed by atoms with Crippen LogP contribution in [0.25, 0.3) is 5.57 Å². The lowest BCUT2D eigenvalue weighted by atomic mass is 9.87. The number of fused-ring (bicyclic) bond motifs is 2. The molecule has 2 heteroatoms. The highest BCUT2D eigenvalue weighted by molar-refractivity contribution is 7.10. The summed E-state index contributed by atoms with van der Waals surface area (Å²) < 4.78 is 0. The molecule has 1 aromatic heterocycles. The van der Waals surface area contributed by atoms with Crippen molar-refractivity contribution in [3.05, 3.63) is 112 Å². The number of thiophene rings is 1. The van der Waals surface area contributed by atoms with Crippen LogP contribution in [0, 0.1) is 0 Å². The molecular formula is C27H29NS. The quantitative estimate of drug-likeness (QED) is 0.503. The molecule has 1 aromatic carbocycles. The average Bonchev–Trinajstić information content (AvgIpc) is 3.15. The third kappa shape index (κ3) is 3.95. The molecule has 1 aliphatic heterocycles. The number of likely N-dealkylation sites (tertiary alicyclic amines) is 1. The molecule has 29 heavy (non-hydrogen) atoms. The fourth-order valence-corrected chi connectivity index (χ4v) is 5.43. The number of nitrogens with zero attached hydrogens (tertiary/aromatic N) is 1. The molecule has 0 unspecified atom stereocenters. The molecule has 0 spiro atoms. The van der Waals surface area contributed by atoms with E-state index in [9.17, 15) is 0 Å². The van der Waals surface area contributed by atoms with Gasteiger partial charge in [0.1, 0.15) is 0 Å². The molecule has 0 N–H and O–H groups in total. The van der Waals surface area contributed by atoms with Crippen molar-refractivity contribution in [3.8, 4) is 0 Å². The summed E-state index contributed by atoms with van der Waals surface area (Å²) in [5.41, 5.74) is 9.78. The standard InChI is InChI=1S/C27H29NS/c1-4-8-21(9-5-2)20(3)28-17-14-23(15-18-28)27-24-11-7-6-10-22(24)12-13-26-25(27)16-19-29-26/h4-11,16,19H,1,3,12-15,17-18H2,2H3/b9-5-,21-8+. The van der Waals surface area contributed by atoms with Crippen LogP contribution in [0.15, 0.2) is 90.0 Å². The Balaban J connectivity index is 1.65. The second-order valence-electron chi connectivity index (χ2n) is 7.68. The highest BCUT2D eigenvalue weighted by atomic mass is 32.1. The Morgan fingerprint density at radius 2 is 1.83 bits per heavy atom. The third-order valence-corrected chi connectivity index (χ3v) is 6.98. The molecule has 2 aromatic rings. The minimum Gasteiger partial charge on any atom is -0.371 e. The molecule has 0 saturated carbocycles. The normalized spacial score (nSPS) is 17.1. The maximum absolute atomic E-state index is 4.38. The first-order chi connectivity index (χ1) is 14.2. The van der Waals surface area contributed by atoms with Gasteiger partial charge in [0, 0.05) is 23.7 Å². The second-order valence-corrected chi connectivity index (χ2v) is 8.69. The minimum absolute atomic E-state index is 1.02. The number of allylic oxidation sites excluding steroid dienone is 4. The fraction of sp³-hybridized carbons (Fsp3) is 0.259. The van der Waals surface area contributed by atoms with Gasteiger partial charge in [-0.25, -0.2) is 0 Å². The Bertz CT molecular complexity index is 1000. The van der Waals surface area contributed by atoms with Gasteiger partial charge in [-0.3, -0.25) is 0 Å². The Labute approximate surface area is 179 Å². The Kier molecular flexibility index (Phi) is 6.01. The van der Waals surface area contributed by atoms with Gasteiger partial charge in [-0.15, -0.1) is 11.3 Å². The lowest BCUT2D eigenvalue weighted by Crippen LogP contribution is -2.30. The van der Waals surface area contributed by atoms with Crippen LogP contribution in [0.1, 0.15) is 41.3 Å². The van der Waals surface area contributed by atoms with Gasteiger partial charge < -0.3 is 4.90 Å². The van der Waals surface area contributed by atoms with E-state index in [0.29, 0.717) is 0 Å². The predicted molar refractivity (Wildman–Crippen MR) is 127 cm³/mol. The Morgan fingerprint density at radius 3 is 2.59 bits per heavy atom. The van der Waals surface area contributed by atoms with Crippen molar-refractivity contribution in [2.45, 2.75) is 32.6 Å². The first-order valence-electron chi connectivity index (χ1n) is 10.5. The first kappa shape index (κ1) is 19.7. The molecule has 2 heterocycles. The molecular weight excluding hydrogens is 370 g/mol. The number of aryl methyl sites for hydroxylation is 2. The van der Waals surface area contributed by atoms with Crippen molar-refractivity contribution in [1.29, 1.82) is 0 Å². The molecule has 0 bridgehead atoms. The van der Waals surface area contributed by atoms with Gasteiger partial charge in [0.25, 0.3) is 0 Å². The summed E-state index contributed by atoms with van der Waals surface area (Å²) in [6.07, 6.45) is 12.6. The van der Waals surface area contributed by atoms with Gasteiger partial charge in [-0.2, -0.15) is 0 Å². The van der Waals surface area contributed by atoms with Crippen LogP contribution >= 0.6 is 11.3 Å². The van der Waals surface area contributed by atoms with Crippen molar-refractivity contribution >= 4 is 16.9 Å². The van der Waals surface area contributed by atoms with Gasteiger partial charge in [0.2, 0.25) is 0 Å². The SMILES string of the molecule is C=C/C=C(\C=C/C)C(=C)N1CCC(=C2c3ccccc3CCc3sccc32)CC1. The maximum Gasteiger partial charge on any atom is 0.0366 e. The maximum atomic E-state index is 4.38. The molecule has 1 saturated heterocycles. The highest BCUT2D eigenvalue weighted by Gasteiger charge is 2.25. The van der Waals surface area contributed by atoms with Crippen LogP contribution in [-0.2, 0) is 12.8 Å². The average molecular weight is 400 g/mol. The van der Waals surface area contributed by atoms with E-state index in [2.05, 4.69) is 72.0 Å². The monoisotopic (exact) mass is 399 g/mol. The van der Waals surface area contributed by atoms with Crippen molar-refractivity contribution in [3.63, 3.8) is 0 Å². The molecule has 4 rings (SSSR count). The summed E-state index contributed by atoms with van der Waals surface area (Å²) >= 11 is 1.91. The van der Waals surface area contributed by atoms with E-state index in [0.717, 1.165) is 50.0 Å². The van der Waals surface area contributed by atoms with Crippen LogP contribution in [0.2, 0.25) is 0 Å². The van der Waals surface area contributed by atoms with Gasteiger partial charge in [0.15, 0.2) is 0 Å². The van der Waals surface area contributed by atoms with E-state index in [1.807, 2.05) is 24.3 Å². The Hall–Kier alpha value is -2.58. The number of hydrogen-bond acceptors (Lipinski definition) is 2. The fourth-order valence-electron chi connectivity index (χ4n) is 4.55. The van der Waals surface area contributed by atoms with E-state index < -0.39 is 0 Å². The molecule has 1 aliphatic carbocycles. The molecule has 0 amide bonds. The molecule has 1 fully saturated rings. The van der Waals surface area contributed by atoms with Crippen LogP contribution < -0.4 is 0 Å². The minimum atomic E-state index is 1.02. The van der Waals surface area contributed by atoms with E-state index in [1.165, 1.54) is 22.3 Å². The van der Waals surface area contributed by atoms with Crippen LogP contribution in [0.3, 0.4) is 0 Å². The van der Waals surface area contributed by atoms with Gasteiger partial charge in [-0.1, -0.05) is 67.3 Å². The predicted octanol–water partition coefficient (Wildman–Crippen LogP) is 6.95. The summed E-state index contributed by atoms with van der Waals surface area (Å²) in [7, 11) is 0. The Morgan fingerprint density at radius 1 is 1.03 bits per heavy atom. The number of piperidine rings is 1. The number of hydrogen-bond donors (Lipinski definition) is 0. The third-order valence-electron chi connectivity index (χ3n) is 6.00. The van der Waals surface area contributed by atoms with Crippen molar-refractivity contribution in [1.82, 2.24) is 4.90 Å². The van der Waals surface area contributed by atoms with E-state index in [4.69, 9.17) is 0 Å². The lowest BCUT2D eigenvalue weighted by molar-refractivity contribution is 0.330. The van der Waals surface area contributed by atoms with Crippen molar-refractivity contribution in [2.24, 2.45) is 0 Å². The van der Waals surface area contributed by atoms with Crippen molar-refractivity contribution < 1.29 is 0 Å². The zero-order valence-corrected chi connectivity index (χ0v) is 18.1. The van der Waals surface area contributed by atoms with E-state index in [-0.39, 0.29) is 0 Å². The van der Waals surface area contributed by atoms with Crippen molar-refractivity contribution in [2.75, 3.05) is 13.1 Å². The summed E-state index contributed by atoms with van der Waals surface area (Å²) in [5.74, 6) is 0.